The summed E-state index contributed by atoms with van der Waals surface area (Å²) in [6.07, 6.45) is 2.12. The fourth-order valence-corrected chi connectivity index (χ4v) is 4.13. The van der Waals surface area contributed by atoms with Gasteiger partial charge in [0.05, 0.1) is 25.8 Å². The third-order valence-electron chi connectivity index (χ3n) is 5.00. The lowest BCUT2D eigenvalue weighted by Crippen LogP contribution is -2.22. The molecule has 1 atom stereocenters. The van der Waals surface area contributed by atoms with Gasteiger partial charge in [-0.05, 0) is 37.1 Å². The van der Waals surface area contributed by atoms with Crippen LogP contribution in [-0.4, -0.2) is 35.8 Å². The van der Waals surface area contributed by atoms with E-state index in [0.717, 1.165) is 36.0 Å². The predicted octanol–water partition coefficient (Wildman–Crippen LogP) is 4.85. The minimum Gasteiger partial charge on any atom is -0.493 e. The molecule has 0 N–H and O–H groups in total. The van der Waals surface area contributed by atoms with Crippen molar-refractivity contribution in [2.24, 2.45) is 0 Å². The van der Waals surface area contributed by atoms with Crippen LogP contribution in [-0.2, 0) is 6.54 Å². The van der Waals surface area contributed by atoms with E-state index in [4.69, 9.17) is 19.0 Å². The lowest BCUT2D eigenvalue weighted by atomic mass is 10.1. The van der Waals surface area contributed by atoms with Gasteiger partial charge in [-0.3, -0.25) is 4.90 Å². The Bertz CT molecular complexity index is 945. The summed E-state index contributed by atoms with van der Waals surface area (Å²) in [6.45, 7) is 1.89. The van der Waals surface area contributed by atoms with E-state index in [2.05, 4.69) is 50.3 Å². The molecular weight excluding hydrogens is 422 g/mol. The fraction of sp³-hybridized carbons (Fsp3) is 0.333. The molecular formula is C21H22BrN3O3. The second kappa shape index (κ2) is 8.32. The first-order valence-corrected chi connectivity index (χ1v) is 10.0. The fourth-order valence-electron chi connectivity index (χ4n) is 3.69. The zero-order valence-corrected chi connectivity index (χ0v) is 17.5. The number of likely N-dealkylation sites (tertiary alicyclic amines) is 1. The monoisotopic (exact) mass is 443 g/mol. The standard InChI is InChI=1S/C21H22BrN3O3/c1-26-18-12-15(22)11-16(19(18)27-2)20-23-21(28-24-20)17-9-6-10-25(17)13-14-7-4-3-5-8-14/h3-5,7-8,11-12,17H,6,9-10,13H2,1-2H3. The summed E-state index contributed by atoms with van der Waals surface area (Å²) in [5, 5.41) is 4.23. The summed E-state index contributed by atoms with van der Waals surface area (Å²) >= 11 is 3.50. The number of hydrogen-bond donors (Lipinski definition) is 0. The van der Waals surface area contributed by atoms with Gasteiger partial charge in [0.2, 0.25) is 11.7 Å². The Hall–Kier alpha value is -2.38. The molecule has 2 heterocycles. The number of methoxy groups -OCH3 is 2. The van der Waals surface area contributed by atoms with Crippen molar-refractivity contribution in [3.05, 3.63) is 58.4 Å². The predicted molar refractivity (Wildman–Crippen MR) is 109 cm³/mol. The normalized spacial score (nSPS) is 17.0. The van der Waals surface area contributed by atoms with E-state index in [1.807, 2.05) is 18.2 Å². The largest absolute Gasteiger partial charge is 0.493 e. The van der Waals surface area contributed by atoms with Gasteiger partial charge in [0.15, 0.2) is 11.5 Å². The number of hydrogen-bond acceptors (Lipinski definition) is 6. The van der Waals surface area contributed by atoms with Gasteiger partial charge in [-0.15, -0.1) is 0 Å². The SMILES string of the molecule is COc1cc(Br)cc(-c2noc(C3CCCN3Cc3ccccc3)n2)c1OC. The van der Waals surface area contributed by atoms with Gasteiger partial charge < -0.3 is 14.0 Å². The number of rotatable bonds is 6. The van der Waals surface area contributed by atoms with E-state index < -0.39 is 0 Å². The highest BCUT2D eigenvalue weighted by molar-refractivity contribution is 9.10. The molecule has 1 fully saturated rings. The molecule has 1 saturated heterocycles. The van der Waals surface area contributed by atoms with Crippen molar-refractivity contribution in [2.45, 2.75) is 25.4 Å². The third kappa shape index (κ3) is 3.77. The lowest BCUT2D eigenvalue weighted by Gasteiger charge is -2.21. The molecule has 4 rings (SSSR count). The molecule has 0 saturated carbocycles. The van der Waals surface area contributed by atoms with Gasteiger partial charge >= 0.3 is 0 Å². The quantitative estimate of drug-likeness (QED) is 0.542. The maximum Gasteiger partial charge on any atom is 0.244 e. The molecule has 0 amide bonds. The van der Waals surface area contributed by atoms with Crippen molar-refractivity contribution in [1.82, 2.24) is 15.0 Å². The molecule has 1 aliphatic rings. The van der Waals surface area contributed by atoms with Crippen molar-refractivity contribution in [3.8, 4) is 22.9 Å². The number of ether oxygens (including phenoxy) is 2. The van der Waals surface area contributed by atoms with Crippen LogP contribution in [0.2, 0.25) is 0 Å². The van der Waals surface area contributed by atoms with E-state index in [1.165, 1.54) is 5.56 Å². The number of aromatic nitrogens is 2. The molecule has 2 aromatic carbocycles. The van der Waals surface area contributed by atoms with Gasteiger partial charge in [0, 0.05) is 11.0 Å². The van der Waals surface area contributed by atoms with Crippen LogP contribution < -0.4 is 9.47 Å². The second-order valence-corrected chi connectivity index (χ2v) is 7.67. The van der Waals surface area contributed by atoms with Crippen LogP contribution in [0.15, 0.2) is 51.5 Å². The minimum absolute atomic E-state index is 0.126. The van der Waals surface area contributed by atoms with E-state index in [9.17, 15) is 0 Å². The van der Waals surface area contributed by atoms with Crippen molar-refractivity contribution < 1.29 is 14.0 Å². The summed E-state index contributed by atoms with van der Waals surface area (Å²) < 4.78 is 17.5. The van der Waals surface area contributed by atoms with E-state index >= 15 is 0 Å². The van der Waals surface area contributed by atoms with Crippen LogP contribution in [0.5, 0.6) is 11.5 Å². The van der Waals surface area contributed by atoms with Crippen molar-refractivity contribution in [3.63, 3.8) is 0 Å². The maximum absolute atomic E-state index is 5.67. The van der Waals surface area contributed by atoms with Crippen LogP contribution in [0.1, 0.15) is 30.3 Å². The topological polar surface area (TPSA) is 60.6 Å². The van der Waals surface area contributed by atoms with E-state index in [-0.39, 0.29) is 6.04 Å². The first-order chi connectivity index (χ1) is 13.7. The molecule has 0 aliphatic carbocycles. The van der Waals surface area contributed by atoms with Crippen molar-refractivity contribution in [1.29, 1.82) is 0 Å². The molecule has 1 unspecified atom stereocenters. The van der Waals surface area contributed by atoms with Crippen molar-refractivity contribution >= 4 is 15.9 Å². The van der Waals surface area contributed by atoms with Gasteiger partial charge in [-0.25, -0.2) is 0 Å². The molecule has 28 heavy (non-hydrogen) atoms. The summed E-state index contributed by atoms with van der Waals surface area (Å²) in [7, 11) is 3.21. The Morgan fingerprint density at radius 2 is 2.00 bits per heavy atom. The Morgan fingerprint density at radius 1 is 1.18 bits per heavy atom. The molecule has 1 aliphatic heterocycles. The molecule has 0 bridgehead atoms. The number of benzene rings is 2. The molecule has 0 spiro atoms. The third-order valence-corrected chi connectivity index (χ3v) is 5.46. The Morgan fingerprint density at radius 3 is 2.75 bits per heavy atom. The van der Waals surface area contributed by atoms with Gasteiger partial charge in [-0.1, -0.05) is 51.4 Å². The maximum atomic E-state index is 5.67. The molecule has 146 valence electrons. The number of nitrogens with zero attached hydrogens (tertiary/aromatic N) is 3. The van der Waals surface area contributed by atoms with Crippen LogP contribution in [0.3, 0.4) is 0 Å². The Kier molecular flexibility index (Phi) is 5.64. The molecule has 3 aromatic rings. The minimum atomic E-state index is 0.126. The molecule has 6 nitrogen and oxygen atoms in total. The average molecular weight is 444 g/mol. The highest BCUT2D eigenvalue weighted by Crippen LogP contribution is 2.40. The summed E-state index contributed by atoms with van der Waals surface area (Å²) in [6, 6.07) is 14.3. The summed E-state index contributed by atoms with van der Waals surface area (Å²) in [5.74, 6) is 2.35. The lowest BCUT2D eigenvalue weighted by molar-refractivity contribution is 0.201. The zero-order chi connectivity index (χ0) is 19.5. The molecule has 7 heteroatoms. The van der Waals surface area contributed by atoms with Crippen LogP contribution in [0.25, 0.3) is 11.4 Å². The molecule has 1 aromatic heterocycles. The first-order valence-electron chi connectivity index (χ1n) is 9.23. The smallest absolute Gasteiger partial charge is 0.244 e. The van der Waals surface area contributed by atoms with E-state index in [0.29, 0.717) is 23.2 Å². The summed E-state index contributed by atoms with van der Waals surface area (Å²) in [4.78, 5) is 7.10. The van der Waals surface area contributed by atoms with Gasteiger partial charge in [-0.2, -0.15) is 4.98 Å². The Balaban J connectivity index is 1.62. The highest BCUT2D eigenvalue weighted by atomic mass is 79.9. The van der Waals surface area contributed by atoms with Crippen LogP contribution >= 0.6 is 15.9 Å². The van der Waals surface area contributed by atoms with E-state index in [1.54, 1.807) is 14.2 Å². The second-order valence-electron chi connectivity index (χ2n) is 6.76. The highest BCUT2D eigenvalue weighted by Gasteiger charge is 2.31. The number of halogens is 1. The first kappa shape index (κ1) is 19.0. The van der Waals surface area contributed by atoms with Gasteiger partial charge in [0.25, 0.3) is 0 Å². The summed E-state index contributed by atoms with van der Waals surface area (Å²) in [5.41, 5.74) is 2.02. The van der Waals surface area contributed by atoms with Crippen LogP contribution in [0.4, 0.5) is 0 Å². The van der Waals surface area contributed by atoms with Crippen molar-refractivity contribution in [2.75, 3.05) is 20.8 Å². The van der Waals surface area contributed by atoms with Gasteiger partial charge in [0.1, 0.15) is 0 Å². The zero-order valence-electron chi connectivity index (χ0n) is 15.9. The average Bonchev–Trinajstić information content (AvgIpc) is 3.37. The Labute approximate surface area is 172 Å². The van der Waals surface area contributed by atoms with Crippen LogP contribution in [0, 0.1) is 0 Å². The molecule has 0 radical (unpaired) electrons.